The van der Waals surface area contributed by atoms with Gasteiger partial charge in [-0.15, -0.1) is 6.42 Å². The zero-order valence-electron chi connectivity index (χ0n) is 15.6. The number of rotatable bonds is 7. The minimum atomic E-state index is -0.804. The molecule has 8 nitrogen and oxygen atoms in total. The Morgan fingerprint density at radius 3 is 2.72 bits per heavy atom. The normalized spacial score (nSPS) is 15.2. The average Bonchev–Trinajstić information content (AvgIpc) is 3.21. The molecule has 29 heavy (non-hydrogen) atoms. The molecule has 4 amide bonds. The number of terminal acetylenes is 1. The van der Waals surface area contributed by atoms with Crippen LogP contribution in [0.4, 0.5) is 4.79 Å². The molecule has 8 heteroatoms. The molecule has 1 N–H and O–H groups in total. The van der Waals surface area contributed by atoms with Crippen molar-refractivity contribution >= 4 is 23.9 Å². The highest BCUT2D eigenvalue weighted by atomic mass is 16.5. The molecule has 3 rings (SSSR count). The summed E-state index contributed by atoms with van der Waals surface area (Å²) in [5.41, 5.74) is 0.336. The van der Waals surface area contributed by atoms with Gasteiger partial charge >= 0.3 is 6.03 Å². The molecule has 2 heterocycles. The minimum absolute atomic E-state index is 0.0747. The van der Waals surface area contributed by atoms with Gasteiger partial charge in [0.2, 0.25) is 0 Å². The molecule has 0 bridgehead atoms. The van der Waals surface area contributed by atoms with Gasteiger partial charge in [-0.1, -0.05) is 12.0 Å². The van der Waals surface area contributed by atoms with Crippen LogP contribution in [-0.4, -0.2) is 36.0 Å². The molecular formula is C21H18N2O6. The lowest BCUT2D eigenvalue weighted by atomic mass is 10.1. The summed E-state index contributed by atoms with van der Waals surface area (Å²) in [5, 5.41) is 2.16. The summed E-state index contributed by atoms with van der Waals surface area (Å²) in [4.78, 5) is 38.0. The maximum Gasteiger partial charge on any atom is 0.331 e. The second kappa shape index (κ2) is 8.80. The maximum absolute atomic E-state index is 12.8. The third-order valence-corrected chi connectivity index (χ3v) is 3.97. The number of hydrogen-bond donors (Lipinski definition) is 1. The summed E-state index contributed by atoms with van der Waals surface area (Å²) < 4.78 is 16.1. The van der Waals surface area contributed by atoms with Crippen molar-refractivity contribution in [3.63, 3.8) is 0 Å². The van der Waals surface area contributed by atoms with Crippen LogP contribution in [0, 0.1) is 12.3 Å². The van der Waals surface area contributed by atoms with Crippen LogP contribution in [0.15, 0.2) is 46.6 Å². The Morgan fingerprint density at radius 1 is 1.21 bits per heavy atom. The summed E-state index contributed by atoms with van der Waals surface area (Å²) in [6, 6.07) is 7.37. The highest BCUT2D eigenvalue weighted by Crippen LogP contribution is 2.30. The van der Waals surface area contributed by atoms with Gasteiger partial charge in [-0.3, -0.25) is 19.8 Å². The predicted octanol–water partition coefficient (Wildman–Crippen LogP) is 2.35. The molecule has 1 aromatic heterocycles. The lowest BCUT2D eigenvalue weighted by molar-refractivity contribution is -0.130. The van der Waals surface area contributed by atoms with Crippen molar-refractivity contribution in [3.05, 3.63) is 53.5 Å². The van der Waals surface area contributed by atoms with Crippen LogP contribution in [0.5, 0.6) is 11.5 Å². The Kier molecular flexibility index (Phi) is 6.00. The second-order valence-electron chi connectivity index (χ2n) is 5.92. The summed E-state index contributed by atoms with van der Waals surface area (Å²) in [6.07, 6.45) is 8.03. The van der Waals surface area contributed by atoms with Crippen LogP contribution in [0.2, 0.25) is 0 Å². The van der Waals surface area contributed by atoms with E-state index in [2.05, 4.69) is 11.2 Å². The highest BCUT2D eigenvalue weighted by molar-refractivity contribution is 6.30. The van der Waals surface area contributed by atoms with Gasteiger partial charge < -0.3 is 13.9 Å². The van der Waals surface area contributed by atoms with Gasteiger partial charge in [0.1, 0.15) is 17.9 Å². The SMILES string of the molecule is C#CCOc1ccc(/C=C2\C(=O)NC(=O)N(Cc3ccco3)C2=O)cc1OCC. The number of carbonyl (C=O) groups is 3. The van der Waals surface area contributed by atoms with Gasteiger partial charge in [0.25, 0.3) is 11.8 Å². The van der Waals surface area contributed by atoms with Crippen molar-refractivity contribution in [1.29, 1.82) is 0 Å². The number of benzene rings is 1. The van der Waals surface area contributed by atoms with Crippen molar-refractivity contribution in [2.75, 3.05) is 13.2 Å². The zero-order valence-corrected chi connectivity index (χ0v) is 15.6. The summed E-state index contributed by atoms with van der Waals surface area (Å²) in [7, 11) is 0. The molecule has 1 fully saturated rings. The summed E-state index contributed by atoms with van der Waals surface area (Å²) in [6.45, 7) is 2.18. The Morgan fingerprint density at radius 2 is 2.03 bits per heavy atom. The molecule has 1 aliphatic rings. The number of carbonyl (C=O) groups excluding carboxylic acids is 3. The van der Waals surface area contributed by atoms with E-state index >= 15 is 0 Å². The van der Waals surface area contributed by atoms with Crippen molar-refractivity contribution in [1.82, 2.24) is 10.2 Å². The third-order valence-electron chi connectivity index (χ3n) is 3.97. The Hall–Kier alpha value is -3.99. The van der Waals surface area contributed by atoms with E-state index < -0.39 is 17.8 Å². The quantitative estimate of drug-likeness (QED) is 0.440. The van der Waals surface area contributed by atoms with E-state index in [0.717, 1.165) is 4.90 Å². The second-order valence-corrected chi connectivity index (χ2v) is 5.92. The van der Waals surface area contributed by atoms with Crippen LogP contribution >= 0.6 is 0 Å². The fraction of sp³-hybridized carbons (Fsp3) is 0.190. The molecule has 0 spiro atoms. The molecule has 1 saturated heterocycles. The van der Waals surface area contributed by atoms with Crippen LogP contribution in [0.3, 0.4) is 0 Å². The number of barbiturate groups is 1. The van der Waals surface area contributed by atoms with E-state index in [-0.39, 0.29) is 18.7 Å². The maximum atomic E-state index is 12.8. The van der Waals surface area contributed by atoms with Crippen LogP contribution in [0.25, 0.3) is 6.08 Å². The number of imide groups is 2. The van der Waals surface area contributed by atoms with Crippen LogP contribution < -0.4 is 14.8 Å². The number of urea groups is 1. The zero-order chi connectivity index (χ0) is 20.8. The van der Waals surface area contributed by atoms with E-state index in [4.69, 9.17) is 20.3 Å². The number of ether oxygens (including phenoxy) is 2. The monoisotopic (exact) mass is 394 g/mol. The first kappa shape index (κ1) is 19.8. The highest BCUT2D eigenvalue weighted by Gasteiger charge is 2.36. The third kappa shape index (κ3) is 4.47. The molecular weight excluding hydrogens is 376 g/mol. The average molecular weight is 394 g/mol. The molecule has 1 aliphatic heterocycles. The molecule has 0 atom stereocenters. The first-order valence-electron chi connectivity index (χ1n) is 8.77. The molecule has 0 unspecified atom stereocenters. The molecule has 0 saturated carbocycles. The van der Waals surface area contributed by atoms with Gasteiger partial charge in [0.05, 0.1) is 19.4 Å². The molecule has 0 radical (unpaired) electrons. The minimum Gasteiger partial charge on any atom is -0.490 e. The summed E-state index contributed by atoms with van der Waals surface area (Å²) in [5.74, 6) is 2.15. The molecule has 1 aromatic carbocycles. The topological polar surface area (TPSA) is 98.1 Å². The van der Waals surface area contributed by atoms with Crippen molar-refractivity contribution < 1.29 is 28.3 Å². The number of amides is 4. The fourth-order valence-electron chi connectivity index (χ4n) is 2.68. The predicted molar refractivity (Wildman–Crippen MR) is 103 cm³/mol. The van der Waals surface area contributed by atoms with Gasteiger partial charge in [-0.2, -0.15) is 0 Å². The number of furan rings is 1. The Labute approximate surface area is 167 Å². The van der Waals surface area contributed by atoms with Crippen molar-refractivity contribution in [2.24, 2.45) is 0 Å². The molecule has 2 aromatic rings. The van der Waals surface area contributed by atoms with E-state index in [1.54, 1.807) is 30.3 Å². The first-order valence-corrected chi connectivity index (χ1v) is 8.77. The van der Waals surface area contributed by atoms with Gasteiger partial charge in [-0.05, 0) is 42.8 Å². The number of hydrogen-bond acceptors (Lipinski definition) is 6. The van der Waals surface area contributed by atoms with E-state index in [9.17, 15) is 14.4 Å². The number of nitrogens with one attached hydrogen (secondary N) is 1. The Balaban J connectivity index is 1.90. The lowest BCUT2D eigenvalue weighted by Crippen LogP contribution is -2.53. The van der Waals surface area contributed by atoms with Crippen molar-refractivity contribution in [2.45, 2.75) is 13.5 Å². The van der Waals surface area contributed by atoms with Crippen molar-refractivity contribution in [3.8, 4) is 23.8 Å². The standard InChI is InChI=1S/C21H18N2O6/c1-3-9-29-17-8-7-14(12-18(17)27-4-2)11-16-19(24)22-21(26)23(20(16)25)13-15-6-5-10-28-15/h1,5-8,10-12H,4,9,13H2,2H3,(H,22,24,26)/b16-11+. The smallest absolute Gasteiger partial charge is 0.331 e. The molecule has 0 aliphatic carbocycles. The Bertz CT molecular complexity index is 1000. The van der Waals surface area contributed by atoms with Gasteiger partial charge in [0, 0.05) is 0 Å². The first-order chi connectivity index (χ1) is 14.0. The number of nitrogens with zero attached hydrogens (tertiary/aromatic N) is 1. The van der Waals surface area contributed by atoms with Crippen LogP contribution in [-0.2, 0) is 16.1 Å². The van der Waals surface area contributed by atoms with E-state index in [0.29, 0.717) is 29.4 Å². The van der Waals surface area contributed by atoms with Crippen LogP contribution in [0.1, 0.15) is 18.2 Å². The lowest BCUT2D eigenvalue weighted by Gasteiger charge is -2.25. The molecule has 148 valence electrons. The van der Waals surface area contributed by atoms with Gasteiger partial charge in [-0.25, -0.2) is 4.79 Å². The summed E-state index contributed by atoms with van der Waals surface area (Å²) >= 11 is 0. The fourth-order valence-corrected chi connectivity index (χ4v) is 2.68. The largest absolute Gasteiger partial charge is 0.490 e. The van der Waals surface area contributed by atoms with E-state index in [1.165, 1.54) is 12.3 Å². The van der Waals surface area contributed by atoms with Gasteiger partial charge in [0.15, 0.2) is 11.5 Å². The van der Waals surface area contributed by atoms with E-state index in [1.807, 2.05) is 6.92 Å².